The third kappa shape index (κ3) is 2.62. The highest BCUT2D eigenvalue weighted by Gasteiger charge is 2.23. The highest BCUT2D eigenvalue weighted by atomic mass is 79.9. The number of ether oxygens (including phenoxy) is 1. The van der Waals surface area contributed by atoms with Gasteiger partial charge < -0.3 is 10.1 Å². The summed E-state index contributed by atoms with van der Waals surface area (Å²) in [6.07, 6.45) is 1.51. The van der Waals surface area contributed by atoms with Crippen LogP contribution < -0.4 is 5.32 Å². The zero-order chi connectivity index (χ0) is 11.5. The summed E-state index contributed by atoms with van der Waals surface area (Å²) >= 11 is 3.39. The van der Waals surface area contributed by atoms with Crippen molar-refractivity contribution in [3.05, 3.63) is 28.2 Å². The number of carbonyl (C=O) groups excluding carboxylic acids is 1. The van der Waals surface area contributed by atoms with E-state index >= 15 is 0 Å². The van der Waals surface area contributed by atoms with E-state index in [-0.39, 0.29) is 12.0 Å². The predicted molar refractivity (Wildman–Crippen MR) is 66.5 cm³/mol. The van der Waals surface area contributed by atoms with Gasteiger partial charge in [-0.15, -0.1) is 0 Å². The lowest BCUT2D eigenvalue weighted by Gasteiger charge is -2.12. The fraction of sp³-hybridized carbons (Fsp3) is 0.417. The molecule has 1 unspecified atom stereocenters. The van der Waals surface area contributed by atoms with Crippen LogP contribution in [0.2, 0.25) is 0 Å². The molecule has 3 nitrogen and oxygen atoms in total. The van der Waals surface area contributed by atoms with Gasteiger partial charge >= 0.3 is 0 Å². The van der Waals surface area contributed by atoms with Gasteiger partial charge in [0.05, 0.1) is 0 Å². The molecular weight excluding hydrogens is 270 g/mol. The molecule has 1 aliphatic heterocycles. The van der Waals surface area contributed by atoms with Crippen molar-refractivity contribution in [2.24, 2.45) is 0 Å². The molecule has 1 N–H and O–H groups in total. The smallest absolute Gasteiger partial charge is 0.253 e. The topological polar surface area (TPSA) is 38.3 Å². The Kier molecular flexibility index (Phi) is 3.61. The first-order chi connectivity index (χ1) is 7.66. The SMILES string of the molecule is Cc1ccc(Br)cc1NC(=O)C1CCCO1. The summed E-state index contributed by atoms with van der Waals surface area (Å²) in [4.78, 5) is 11.8. The van der Waals surface area contributed by atoms with Crippen LogP contribution in [0, 0.1) is 6.92 Å². The molecule has 16 heavy (non-hydrogen) atoms. The van der Waals surface area contributed by atoms with Crippen LogP contribution in [0.1, 0.15) is 18.4 Å². The van der Waals surface area contributed by atoms with Gasteiger partial charge in [0, 0.05) is 16.8 Å². The molecule has 1 fully saturated rings. The van der Waals surface area contributed by atoms with Crippen molar-refractivity contribution in [3.8, 4) is 0 Å². The van der Waals surface area contributed by atoms with E-state index in [1.54, 1.807) is 0 Å². The van der Waals surface area contributed by atoms with Crippen molar-refractivity contribution in [1.29, 1.82) is 0 Å². The summed E-state index contributed by atoms with van der Waals surface area (Å²) in [5, 5.41) is 2.90. The summed E-state index contributed by atoms with van der Waals surface area (Å²) in [5.41, 5.74) is 1.89. The minimum Gasteiger partial charge on any atom is -0.368 e. The normalized spacial score (nSPS) is 19.8. The van der Waals surface area contributed by atoms with Crippen molar-refractivity contribution < 1.29 is 9.53 Å². The standard InChI is InChI=1S/C12H14BrNO2/c1-8-4-5-9(13)7-10(8)14-12(15)11-3-2-6-16-11/h4-5,7,11H,2-3,6H2,1H3,(H,14,15). The van der Waals surface area contributed by atoms with Gasteiger partial charge in [-0.25, -0.2) is 0 Å². The minimum absolute atomic E-state index is 0.0429. The third-order valence-corrected chi connectivity index (χ3v) is 3.17. The van der Waals surface area contributed by atoms with Gasteiger partial charge in [0.2, 0.25) is 0 Å². The van der Waals surface area contributed by atoms with E-state index in [1.807, 2.05) is 25.1 Å². The second-order valence-corrected chi connectivity index (χ2v) is 4.87. The maximum Gasteiger partial charge on any atom is 0.253 e. The summed E-state index contributed by atoms with van der Waals surface area (Å²) < 4.78 is 6.29. The summed E-state index contributed by atoms with van der Waals surface area (Å²) in [6.45, 7) is 2.66. The lowest BCUT2D eigenvalue weighted by molar-refractivity contribution is -0.124. The fourth-order valence-electron chi connectivity index (χ4n) is 1.73. The predicted octanol–water partition coefficient (Wildman–Crippen LogP) is 2.88. The van der Waals surface area contributed by atoms with Crippen LogP contribution in [0.3, 0.4) is 0 Å². The van der Waals surface area contributed by atoms with Crippen LogP contribution in [0.5, 0.6) is 0 Å². The van der Waals surface area contributed by atoms with Gasteiger partial charge in [-0.2, -0.15) is 0 Å². The Morgan fingerprint density at radius 1 is 1.56 bits per heavy atom. The molecule has 0 aliphatic carbocycles. The molecule has 1 saturated heterocycles. The number of hydrogen-bond donors (Lipinski definition) is 1. The lowest BCUT2D eigenvalue weighted by atomic mass is 10.2. The molecule has 1 aliphatic rings. The highest BCUT2D eigenvalue weighted by molar-refractivity contribution is 9.10. The monoisotopic (exact) mass is 283 g/mol. The Balaban J connectivity index is 2.07. The molecule has 1 heterocycles. The number of halogens is 1. The van der Waals surface area contributed by atoms with Crippen molar-refractivity contribution in [3.63, 3.8) is 0 Å². The van der Waals surface area contributed by atoms with E-state index < -0.39 is 0 Å². The van der Waals surface area contributed by atoms with Crippen LogP contribution >= 0.6 is 15.9 Å². The minimum atomic E-state index is -0.279. The number of amides is 1. The van der Waals surface area contributed by atoms with Gasteiger partial charge in [-0.05, 0) is 37.5 Å². The molecule has 0 spiro atoms. The van der Waals surface area contributed by atoms with Crippen LogP contribution in [-0.2, 0) is 9.53 Å². The molecule has 1 amide bonds. The molecule has 0 saturated carbocycles. The molecule has 0 radical (unpaired) electrons. The summed E-state index contributed by atoms with van der Waals surface area (Å²) in [5.74, 6) is -0.0429. The van der Waals surface area contributed by atoms with Gasteiger partial charge in [0.25, 0.3) is 5.91 Å². The van der Waals surface area contributed by atoms with Crippen LogP contribution in [0.4, 0.5) is 5.69 Å². The molecule has 1 aromatic rings. The molecular formula is C12H14BrNO2. The first-order valence-electron chi connectivity index (χ1n) is 5.35. The Labute approximate surface area is 103 Å². The largest absolute Gasteiger partial charge is 0.368 e. The molecule has 1 atom stereocenters. The van der Waals surface area contributed by atoms with Crippen LogP contribution in [-0.4, -0.2) is 18.6 Å². The molecule has 4 heteroatoms. The zero-order valence-corrected chi connectivity index (χ0v) is 10.7. The number of nitrogens with one attached hydrogen (secondary N) is 1. The fourth-order valence-corrected chi connectivity index (χ4v) is 2.09. The molecule has 0 aromatic heterocycles. The Hall–Kier alpha value is -0.870. The quantitative estimate of drug-likeness (QED) is 0.906. The van der Waals surface area contributed by atoms with Gasteiger partial charge in [-0.3, -0.25) is 4.79 Å². The number of aryl methyl sites for hydroxylation is 1. The van der Waals surface area contributed by atoms with Crippen molar-refractivity contribution >= 4 is 27.5 Å². The van der Waals surface area contributed by atoms with Gasteiger partial charge in [0.15, 0.2) is 0 Å². The second-order valence-electron chi connectivity index (χ2n) is 3.95. The molecule has 0 bridgehead atoms. The molecule has 86 valence electrons. The Morgan fingerprint density at radius 3 is 3.06 bits per heavy atom. The summed E-state index contributed by atoms with van der Waals surface area (Å²) in [6, 6.07) is 5.83. The number of carbonyl (C=O) groups is 1. The second kappa shape index (κ2) is 4.97. The maximum absolute atomic E-state index is 11.8. The zero-order valence-electron chi connectivity index (χ0n) is 9.13. The molecule has 2 rings (SSSR count). The highest BCUT2D eigenvalue weighted by Crippen LogP contribution is 2.22. The van der Waals surface area contributed by atoms with Crippen molar-refractivity contribution in [2.75, 3.05) is 11.9 Å². The maximum atomic E-state index is 11.8. The number of benzene rings is 1. The number of hydrogen-bond acceptors (Lipinski definition) is 2. The van der Waals surface area contributed by atoms with E-state index in [9.17, 15) is 4.79 Å². The van der Waals surface area contributed by atoms with E-state index in [1.165, 1.54) is 0 Å². The van der Waals surface area contributed by atoms with Crippen molar-refractivity contribution in [2.45, 2.75) is 25.9 Å². The van der Waals surface area contributed by atoms with Crippen LogP contribution in [0.25, 0.3) is 0 Å². The lowest BCUT2D eigenvalue weighted by Crippen LogP contribution is -2.27. The van der Waals surface area contributed by atoms with Crippen LogP contribution in [0.15, 0.2) is 22.7 Å². The van der Waals surface area contributed by atoms with Gasteiger partial charge in [-0.1, -0.05) is 22.0 Å². The summed E-state index contributed by atoms with van der Waals surface area (Å²) in [7, 11) is 0. The first-order valence-corrected chi connectivity index (χ1v) is 6.15. The number of anilines is 1. The van der Waals surface area contributed by atoms with E-state index in [4.69, 9.17) is 4.74 Å². The van der Waals surface area contributed by atoms with Gasteiger partial charge in [0.1, 0.15) is 6.10 Å². The van der Waals surface area contributed by atoms with E-state index in [2.05, 4.69) is 21.2 Å². The Bertz CT molecular complexity index is 400. The average molecular weight is 284 g/mol. The number of rotatable bonds is 2. The van der Waals surface area contributed by atoms with E-state index in [0.717, 1.165) is 28.6 Å². The average Bonchev–Trinajstić information content (AvgIpc) is 2.76. The van der Waals surface area contributed by atoms with E-state index in [0.29, 0.717) is 6.61 Å². The Morgan fingerprint density at radius 2 is 2.38 bits per heavy atom. The molecule has 1 aromatic carbocycles. The first kappa shape index (κ1) is 11.6. The third-order valence-electron chi connectivity index (χ3n) is 2.68. The van der Waals surface area contributed by atoms with Crippen molar-refractivity contribution in [1.82, 2.24) is 0 Å².